The van der Waals surface area contributed by atoms with Gasteiger partial charge in [-0.25, -0.2) is 10.8 Å². The molecule has 1 aromatic carbocycles. The van der Waals surface area contributed by atoms with Gasteiger partial charge in [-0.05, 0) is 12.1 Å². The normalized spacial score (nSPS) is 6.57. The van der Waals surface area contributed by atoms with Gasteiger partial charge in [0.15, 0.2) is 6.29 Å². The molecule has 0 aliphatic rings. The molecular formula is C9H8CoN2O2+2. The van der Waals surface area contributed by atoms with Gasteiger partial charge in [-0.15, -0.1) is 0 Å². The smallest absolute Gasteiger partial charge is 0.507 e. The van der Waals surface area contributed by atoms with Crippen LogP contribution in [0.5, 0.6) is 5.75 Å². The summed E-state index contributed by atoms with van der Waals surface area (Å²) in [5.41, 5.74) is 0.331. The van der Waals surface area contributed by atoms with Crippen molar-refractivity contribution in [3.8, 4) is 5.75 Å². The Hall–Kier alpha value is -1.64. The van der Waals surface area contributed by atoms with Crippen LogP contribution in [-0.4, -0.2) is 23.1 Å². The van der Waals surface area contributed by atoms with Crippen LogP contribution in [-0.2, 0) is 16.8 Å². The van der Waals surface area contributed by atoms with Crippen molar-refractivity contribution < 1.29 is 26.7 Å². The number of aromatic hydroxyl groups is 1. The summed E-state index contributed by atoms with van der Waals surface area (Å²) in [5.74, 6) is 3.23. The van der Waals surface area contributed by atoms with E-state index in [4.69, 9.17) is 15.9 Å². The standard InChI is InChI=1S/C7H6O2.C2H2N2.Co/c8-5-6-3-1-2-4-7(6)9;3-1-2-4;/h1-5,9H;3-4H;/q;;+2. The third-order valence-corrected chi connectivity index (χ3v) is 1.13. The largest absolute Gasteiger partial charge is 2.00 e. The van der Waals surface area contributed by atoms with E-state index >= 15 is 0 Å². The van der Waals surface area contributed by atoms with Crippen molar-refractivity contribution in [2.45, 2.75) is 0 Å². The first-order valence-electron chi connectivity index (χ1n) is 3.33. The fourth-order valence-corrected chi connectivity index (χ4v) is 0.587. The molecule has 5 heteroatoms. The van der Waals surface area contributed by atoms with E-state index in [2.05, 4.69) is 0 Å². The van der Waals surface area contributed by atoms with E-state index in [0.717, 1.165) is 0 Å². The maximum absolute atomic E-state index is 10.1. The van der Waals surface area contributed by atoms with Crippen LogP contribution in [0.25, 0.3) is 0 Å². The number of aldehydes is 1. The summed E-state index contributed by atoms with van der Waals surface area (Å²) < 4.78 is 0. The fourth-order valence-electron chi connectivity index (χ4n) is 0.587. The molecule has 73 valence electrons. The van der Waals surface area contributed by atoms with Crippen LogP contribution < -0.4 is 0 Å². The summed E-state index contributed by atoms with van der Waals surface area (Å²) in [5, 5.41) is 20.7. The van der Waals surface area contributed by atoms with Crippen molar-refractivity contribution in [3.05, 3.63) is 29.8 Å². The maximum atomic E-state index is 10.1. The Morgan fingerprint density at radius 3 is 2.00 bits per heavy atom. The van der Waals surface area contributed by atoms with Crippen molar-refractivity contribution in [2.75, 3.05) is 0 Å². The molecule has 0 aliphatic carbocycles. The summed E-state index contributed by atoms with van der Waals surface area (Å²) in [6.45, 7) is 0. The minimum absolute atomic E-state index is 0. The van der Waals surface area contributed by atoms with Crippen molar-refractivity contribution in [1.29, 1.82) is 10.8 Å². The Bertz CT molecular complexity index is 346. The molecule has 0 fully saturated rings. The molecule has 1 aromatic rings. The van der Waals surface area contributed by atoms with E-state index in [0.29, 0.717) is 11.8 Å². The van der Waals surface area contributed by atoms with Crippen molar-refractivity contribution >= 4 is 18.0 Å². The molecule has 0 saturated carbocycles. The Kier molecular flexibility index (Phi) is 10.0. The Morgan fingerprint density at radius 1 is 1.21 bits per heavy atom. The van der Waals surface area contributed by atoms with Crippen LogP contribution in [0.4, 0.5) is 0 Å². The summed E-state index contributed by atoms with van der Waals surface area (Å²) >= 11 is 0. The molecule has 0 bridgehead atoms. The number of benzene rings is 1. The molecule has 0 unspecified atom stereocenters. The topological polar surface area (TPSA) is 85.0 Å². The monoisotopic (exact) mass is 235 g/mol. The van der Waals surface area contributed by atoms with Crippen LogP contribution >= 0.6 is 0 Å². The van der Waals surface area contributed by atoms with E-state index in [1.165, 1.54) is 6.07 Å². The summed E-state index contributed by atoms with van der Waals surface area (Å²) in [7, 11) is 0. The van der Waals surface area contributed by atoms with Crippen molar-refractivity contribution in [2.24, 2.45) is 0 Å². The number of carbonyl (C=O) groups is 1. The molecule has 1 rings (SSSR count). The summed E-state index contributed by atoms with van der Waals surface area (Å²) in [4.78, 5) is 10.1. The molecule has 14 heavy (non-hydrogen) atoms. The minimum Gasteiger partial charge on any atom is -0.507 e. The predicted molar refractivity (Wildman–Crippen MR) is 48.9 cm³/mol. The van der Waals surface area contributed by atoms with Gasteiger partial charge < -0.3 is 5.11 Å². The number of nitrogens with one attached hydrogen (secondary N) is 2. The number of hydrogen-bond donors (Lipinski definition) is 3. The Labute approximate surface area is 91.5 Å². The van der Waals surface area contributed by atoms with Gasteiger partial charge in [0.05, 0.1) is 17.3 Å². The molecule has 0 aromatic heterocycles. The second-order valence-electron chi connectivity index (χ2n) is 1.93. The van der Waals surface area contributed by atoms with Gasteiger partial charge in [-0.2, -0.15) is 0 Å². The van der Waals surface area contributed by atoms with Crippen molar-refractivity contribution in [3.63, 3.8) is 0 Å². The molecule has 1 radical (unpaired) electrons. The second kappa shape index (κ2) is 9.44. The number of phenols is 1. The molecule has 0 aliphatic heterocycles. The minimum atomic E-state index is 0. The van der Waals surface area contributed by atoms with Gasteiger partial charge in [0, 0.05) is 0 Å². The first kappa shape index (κ1) is 14.9. The predicted octanol–water partition coefficient (Wildman–Crippen LogP) is 1.24. The van der Waals surface area contributed by atoms with Crippen LogP contribution in [0, 0.1) is 10.8 Å². The molecule has 0 atom stereocenters. The van der Waals surface area contributed by atoms with E-state index in [1.807, 2.05) is 0 Å². The van der Waals surface area contributed by atoms with Gasteiger partial charge in [-0.3, -0.25) is 4.79 Å². The summed E-state index contributed by atoms with van der Waals surface area (Å²) in [6, 6.07) is 6.40. The summed E-state index contributed by atoms with van der Waals surface area (Å²) in [6.07, 6.45) is 0.620. The van der Waals surface area contributed by atoms with E-state index in [-0.39, 0.29) is 22.5 Å². The van der Waals surface area contributed by atoms with Crippen LogP contribution in [0.2, 0.25) is 0 Å². The molecule has 4 nitrogen and oxygen atoms in total. The Balaban J connectivity index is 0. The van der Waals surface area contributed by atoms with Gasteiger partial charge in [-0.1, -0.05) is 12.1 Å². The van der Waals surface area contributed by atoms with Crippen LogP contribution in [0.3, 0.4) is 0 Å². The van der Waals surface area contributed by atoms with E-state index < -0.39 is 0 Å². The number of rotatable bonds is 1. The molecular weight excluding hydrogens is 227 g/mol. The van der Waals surface area contributed by atoms with Crippen LogP contribution in [0.15, 0.2) is 24.3 Å². The third kappa shape index (κ3) is 5.94. The second-order valence-corrected chi connectivity index (χ2v) is 1.93. The zero-order chi connectivity index (χ0) is 10.1. The Morgan fingerprint density at radius 2 is 1.71 bits per heavy atom. The average molecular weight is 235 g/mol. The number of carbonyl (C=O) groups excluding carboxylic acids is 1. The SMILES string of the molecule is N=C=C=N.O=Cc1ccccc1O.[Co+2]. The number of para-hydroxylation sites is 1. The zero-order valence-electron chi connectivity index (χ0n) is 7.08. The van der Waals surface area contributed by atoms with Crippen LogP contribution in [0.1, 0.15) is 10.4 Å². The van der Waals surface area contributed by atoms with Crippen molar-refractivity contribution in [1.82, 2.24) is 0 Å². The van der Waals surface area contributed by atoms with Gasteiger partial charge in [0.2, 0.25) is 0 Å². The quantitative estimate of drug-likeness (QED) is 0.505. The van der Waals surface area contributed by atoms with Gasteiger partial charge in [0.25, 0.3) is 0 Å². The fraction of sp³-hybridized carbons (Fsp3) is 0. The average Bonchev–Trinajstić information content (AvgIpc) is 2.19. The number of hydrogen-bond acceptors (Lipinski definition) is 4. The van der Waals surface area contributed by atoms with Gasteiger partial charge in [0.1, 0.15) is 5.75 Å². The third-order valence-electron chi connectivity index (χ3n) is 1.13. The number of phenolic OH excluding ortho intramolecular Hbond substituents is 1. The molecule has 0 amide bonds. The zero-order valence-corrected chi connectivity index (χ0v) is 8.12. The first-order chi connectivity index (χ1) is 6.26. The maximum Gasteiger partial charge on any atom is 2.00 e. The van der Waals surface area contributed by atoms with E-state index in [1.54, 1.807) is 29.9 Å². The molecule has 0 spiro atoms. The van der Waals surface area contributed by atoms with E-state index in [9.17, 15) is 4.79 Å². The molecule has 0 heterocycles. The van der Waals surface area contributed by atoms with Gasteiger partial charge >= 0.3 is 16.8 Å². The molecule has 0 saturated heterocycles. The molecule has 3 N–H and O–H groups in total. The first-order valence-corrected chi connectivity index (χ1v) is 3.33.